The number of nitrogens with two attached hydrogens (primary N) is 1. The van der Waals surface area contributed by atoms with Gasteiger partial charge in [-0.25, -0.2) is 8.78 Å². The van der Waals surface area contributed by atoms with Crippen molar-refractivity contribution in [3.8, 4) is 0 Å². The van der Waals surface area contributed by atoms with Crippen LogP contribution in [0.3, 0.4) is 0 Å². The summed E-state index contributed by atoms with van der Waals surface area (Å²) in [4.78, 5) is 11.6. The van der Waals surface area contributed by atoms with E-state index in [0.717, 1.165) is 31.0 Å². The third-order valence-corrected chi connectivity index (χ3v) is 2.36. The molecule has 3 nitrogen and oxygen atoms in total. The maximum absolute atomic E-state index is 13.2. The number of benzene rings is 1. The Kier molecular flexibility index (Phi) is 5.03. The molecule has 1 aromatic carbocycles. The van der Waals surface area contributed by atoms with Crippen LogP contribution in [0, 0.1) is 11.6 Å². The Balaban J connectivity index is 2.61. The van der Waals surface area contributed by atoms with Gasteiger partial charge in [0.1, 0.15) is 11.6 Å². The van der Waals surface area contributed by atoms with Crippen LogP contribution < -0.4 is 11.1 Å². The van der Waals surface area contributed by atoms with Gasteiger partial charge in [-0.3, -0.25) is 4.79 Å². The summed E-state index contributed by atoms with van der Waals surface area (Å²) < 4.78 is 26.1. The van der Waals surface area contributed by atoms with Crippen molar-refractivity contribution in [3.63, 3.8) is 0 Å². The van der Waals surface area contributed by atoms with E-state index in [1.807, 2.05) is 6.92 Å². The molecule has 0 heterocycles. The highest BCUT2D eigenvalue weighted by Crippen LogP contribution is 2.09. The van der Waals surface area contributed by atoms with Crippen LogP contribution in [0.15, 0.2) is 18.2 Å². The largest absolute Gasteiger partial charge is 0.350 e. The van der Waals surface area contributed by atoms with Gasteiger partial charge in [-0.15, -0.1) is 0 Å². The SMILES string of the molecule is CCCC(N)CNC(=O)c1cc(F)ccc1F. The van der Waals surface area contributed by atoms with Crippen LogP contribution in [0.5, 0.6) is 0 Å². The highest BCUT2D eigenvalue weighted by molar-refractivity contribution is 5.94. The molecule has 1 rings (SSSR count). The number of hydrogen-bond donors (Lipinski definition) is 2. The zero-order valence-electron chi connectivity index (χ0n) is 9.67. The third-order valence-electron chi connectivity index (χ3n) is 2.36. The van der Waals surface area contributed by atoms with E-state index in [4.69, 9.17) is 5.73 Å². The normalized spacial score (nSPS) is 12.2. The molecular weight excluding hydrogens is 226 g/mol. The first kappa shape index (κ1) is 13.6. The van der Waals surface area contributed by atoms with Crippen LogP contribution in [-0.2, 0) is 0 Å². The van der Waals surface area contributed by atoms with Gasteiger partial charge < -0.3 is 11.1 Å². The van der Waals surface area contributed by atoms with Crippen LogP contribution in [0.2, 0.25) is 0 Å². The molecule has 0 aliphatic heterocycles. The summed E-state index contributed by atoms with van der Waals surface area (Å²) in [6, 6.07) is 2.60. The Labute approximate surface area is 99.0 Å². The van der Waals surface area contributed by atoms with E-state index in [2.05, 4.69) is 5.32 Å². The molecule has 0 saturated carbocycles. The summed E-state index contributed by atoms with van der Waals surface area (Å²) in [6.45, 7) is 2.23. The third kappa shape index (κ3) is 4.11. The van der Waals surface area contributed by atoms with Gasteiger partial charge in [-0.2, -0.15) is 0 Å². The molecule has 0 aliphatic carbocycles. The lowest BCUT2D eigenvalue weighted by molar-refractivity contribution is 0.0946. The molecule has 1 unspecified atom stereocenters. The molecule has 1 amide bonds. The Bertz CT molecular complexity index is 396. The fourth-order valence-corrected chi connectivity index (χ4v) is 1.46. The molecule has 1 atom stereocenters. The molecule has 17 heavy (non-hydrogen) atoms. The first-order valence-electron chi connectivity index (χ1n) is 5.53. The second-order valence-corrected chi connectivity index (χ2v) is 3.88. The van der Waals surface area contributed by atoms with Crippen molar-refractivity contribution < 1.29 is 13.6 Å². The zero-order chi connectivity index (χ0) is 12.8. The summed E-state index contributed by atoms with van der Waals surface area (Å²) in [5.41, 5.74) is 5.40. The Morgan fingerprint density at radius 2 is 2.18 bits per heavy atom. The van der Waals surface area contributed by atoms with Gasteiger partial charge in [-0.05, 0) is 24.6 Å². The van der Waals surface area contributed by atoms with Gasteiger partial charge in [0, 0.05) is 12.6 Å². The highest BCUT2D eigenvalue weighted by atomic mass is 19.1. The van der Waals surface area contributed by atoms with Crippen LogP contribution in [-0.4, -0.2) is 18.5 Å². The first-order chi connectivity index (χ1) is 8.04. The topological polar surface area (TPSA) is 55.1 Å². The average molecular weight is 242 g/mol. The number of rotatable bonds is 5. The predicted molar refractivity (Wildman–Crippen MR) is 61.6 cm³/mol. The Morgan fingerprint density at radius 3 is 2.82 bits per heavy atom. The number of carbonyl (C=O) groups excluding carboxylic acids is 1. The van der Waals surface area contributed by atoms with Crippen LogP contribution in [0.25, 0.3) is 0 Å². The van der Waals surface area contributed by atoms with E-state index in [1.54, 1.807) is 0 Å². The molecule has 0 spiro atoms. The second kappa shape index (κ2) is 6.30. The Hall–Kier alpha value is -1.49. The minimum atomic E-state index is -0.743. The molecule has 3 N–H and O–H groups in total. The zero-order valence-corrected chi connectivity index (χ0v) is 9.67. The van der Waals surface area contributed by atoms with Crippen LogP contribution >= 0.6 is 0 Å². The first-order valence-corrected chi connectivity index (χ1v) is 5.53. The average Bonchev–Trinajstić information content (AvgIpc) is 2.29. The number of carbonyl (C=O) groups is 1. The van der Waals surface area contributed by atoms with E-state index in [9.17, 15) is 13.6 Å². The number of nitrogens with one attached hydrogen (secondary N) is 1. The van der Waals surface area contributed by atoms with Gasteiger partial charge in [0.15, 0.2) is 0 Å². The lowest BCUT2D eigenvalue weighted by atomic mass is 10.1. The van der Waals surface area contributed by atoms with Crippen molar-refractivity contribution in [2.24, 2.45) is 5.73 Å². The van der Waals surface area contributed by atoms with Gasteiger partial charge in [-0.1, -0.05) is 13.3 Å². The number of hydrogen-bond acceptors (Lipinski definition) is 2. The number of amides is 1. The highest BCUT2D eigenvalue weighted by Gasteiger charge is 2.13. The second-order valence-electron chi connectivity index (χ2n) is 3.88. The lowest BCUT2D eigenvalue weighted by Gasteiger charge is -2.11. The van der Waals surface area contributed by atoms with Gasteiger partial charge >= 0.3 is 0 Å². The molecular formula is C12H16F2N2O. The van der Waals surface area contributed by atoms with Crippen molar-refractivity contribution in [1.82, 2.24) is 5.32 Å². The van der Waals surface area contributed by atoms with Crippen molar-refractivity contribution >= 4 is 5.91 Å². The summed E-state index contributed by atoms with van der Waals surface area (Å²) in [6.07, 6.45) is 1.68. The predicted octanol–water partition coefficient (Wildman–Crippen LogP) is 1.82. The standard InChI is InChI=1S/C12H16F2N2O/c1-2-3-9(15)7-16-12(17)10-6-8(13)4-5-11(10)14/h4-6,9H,2-3,7,15H2,1H3,(H,16,17). The van der Waals surface area contributed by atoms with E-state index < -0.39 is 17.5 Å². The Morgan fingerprint density at radius 1 is 1.47 bits per heavy atom. The monoisotopic (exact) mass is 242 g/mol. The van der Waals surface area contributed by atoms with Crippen molar-refractivity contribution in [1.29, 1.82) is 0 Å². The van der Waals surface area contributed by atoms with Crippen LogP contribution in [0.1, 0.15) is 30.1 Å². The molecule has 0 saturated heterocycles. The molecule has 0 aliphatic rings. The van der Waals surface area contributed by atoms with Crippen molar-refractivity contribution in [2.45, 2.75) is 25.8 Å². The summed E-state index contributed by atoms with van der Waals surface area (Å²) in [5, 5.41) is 2.48. The molecule has 94 valence electrons. The molecule has 0 radical (unpaired) electrons. The molecule has 0 fully saturated rings. The quantitative estimate of drug-likeness (QED) is 0.827. The van der Waals surface area contributed by atoms with Crippen LogP contribution in [0.4, 0.5) is 8.78 Å². The van der Waals surface area contributed by atoms with Crippen molar-refractivity contribution in [3.05, 3.63) is 35.4 Å². The maximum atomic E-state index is 13.2. The van der Waals surface area contributed by atoms with E-state index >= 15 is 0 Å². The fraction of sp³-hybridized carbons (Fsp3) is 0.417. The van der Waals surface area contributed by atoms with E-state index in [1.165, 1.54) is 0 Å². The fourth-order valence-electron chi connectivity index (χ4n) is 1.46. The summed E-state index contributed by atoms with van der Waals surface area (Å²) >= 11 is 0. The molecule has 0 bridgehead atoms. The van der Waals surface area contributed by atoms with Gasteiger partial charge in [0.2, 0.25) is 0 Å². The molecule has 1 aromatic rings. The molecule has 5 heteroatoms. The smallest absolute Gasteiger partial charge is 0.254 e. The minimum Gasteiger partial charge on any atom is -0.350 e. The summed E-state index contributed by atoms with van der Waals surface area (Å²) in [7, 11) is 0. The van der Waals surface area contributed by atoms with Crippen molar-refractivity contribution in [2.75, 3.05) is 6.54 Å². The number of halogens is 2. The lowest BCUT2D eigenvalue weighted by Crippen LogP contribution is -2.37. The van der Waals surface area contributed by atoms with Gasteiger partial charge in [0.25, 0.3) is 5.91 Å². The maximum Gasteiger partial charge on any atom is 0.254 e. The summed E-state index contributed by atoms with van der Waals surface area (Å²) in [5.74, 6) is -2.03. The minimum absolute atomic E-state index is 0.166. The van der Waals surface area contributed by atoms with E-state index in [0.29, 0.717) is 0 Å². The molecule has 0 aromatic heterocycles. The van der Waals surface area contributed by atoms with Gasteiger partial charge in [0.05, 0.1) is 5.56 Å². The van der Waals surface area contributed by atoms with E-state index in [-0.39, 0.29) is 18.2 Å².